The molecule has 1 aliphatic rings. The number of carbonyl (C=O) groups is 2. The first-order valence-corrected chi connectivity index (χ1v) is 9.04. The third-order valence-electron chi connectivity index (χ3n) is 4.77. The van der Waals surface area contributed by atoms with Crippen LogP contribution in [0.1, 0.15) is 40.5 Å². The largest absolute Gasteiger partial charge is 0.405 e. The van der Waals surface area contributed by atoms with E-state index >= 15 is 0 Å². The zero-order valence-electron chi connectivity index (χ0n) is 15.1. The van der Waals surface area contributed by atoms with E-state index in [0.717, 1.165) is 5.56 Å². The third kappa shape index (κ3) is 5.34. The fourth-order valence-electron chi connectivity index (χ4n) is 3.26. The van der Waals surface area contributed by atoms with Gasteiger partial charge in [0.25, 0.3) is 5.91 Å². The Hall–Kier alpha value is -2.84. The second kappa shape index (κ2) is 8.45. The molecule has 3 rings (SSSR count). The number of aromatic nitrogens is 2. The van der Waals surface area contributed by atoms with Gasteiger partial charge in [0.15, 0.2) is 0 Å². The first-order chi connectivity index (χ1) is 13.3. The van der Waals surface area contributed by atoms with Crippen molar-refractivity contribution in [1.82, 2.24) is 20.4 Å². The summed E-state index contributed by atoms with van der Waals surface area (Å²) >= 11 is 0. The lowest BCUT2D eigenvalue weighted by atomic mass is 9.93. The SMILES string of the molecule is O=C(NCC(F)(F)F)c1cc(C2CCN(C(=O)Cc3ccccc3)CC2)[nH]n1. The highest BCUT2D eigenvalue weighted by molar-refractivity contribution is 5.92. The second-order valence-corrected chi connectivity index (χ2v) is 6.82. The van der Waals surface area contributed by atoms with E-state index < -0.39 is 18.6 Å². The van der Waals surface area contributed by atoms with Gasteiger partial charge in [-0.25, -0.2) is 0 Å². The van der Waals surface area contributed by atoms with Crippen LogP contribution < -0.4 is 5.32 Å². The van der Waals surface area contributed by atoms with Gasteiger partial charge in [0.05, 0.1) is 6.42 Å². The number of rotatable bonds is 5. The van der Waals surface area contributed by atoms with E-state index in [1.807, 2.05) is 35.2 Å². The van der Waals surface area contributed by atoms with Crippen LogP contribution in [0.4, 0.5) is 13.2 Å². The lowest BCUT2D eigenvalue weighted by Crippen LogP contribution is -2.38. The van der Waals surface area contributed by atoms with E-state index in [1.165, 1.54) is 6.07 Å². The first-order valence-electron chi connectivity index (χ1n) is 9.04. The molecule has 2 N–H and O–H groups in total. The molecule has 0 aliphatic carbocycles. The van der Waals surface area contributed by atoms with E-state index in [-0.39, 0.29) is 17.5 Å². The maximum absolute atomic E-state index is 12.4. The number of aromatic amines is 1. The monoisotopic (exact) mass is 394 g/mol. The van der Waals surface area contributed by atoms with E-state index in [0.29, 0.717) is 38.0 Å². The van der Waals surface area contributed by atoms with Crippen molar-refractivity contribution < 1.29 is 22.8 Å². The topological polar surface area (TPSA) is 78.1 Å². The van der Waals surface area contributed by atoms with Crippen molar-refractivity contribution in [1.29, 1.82) is 0 Å². The Morgan fingerprint density at radius 3 is 2.50 bits per heavy atom. The Labute approximate surface area is 160 Å². The molecule has 1 aromatic carbocycles. The fourth-order valence-corrected chi connectivity index (χ4v) is 3.26. The van der Waals surface area contributed by atoms with Crippen LogP contribution in [0.3, 0.4) is 0 Å². The Bertz CT molecular complexity index is 812. The maximum atomic E-state index is 12.4. The van der Waals surface area contributed by atoms with Crippen LogP contribution in [0.2, 0.25) is 0 Å². The molecule has 150 valence electrons. The van der Waals surface area contributed by atoms with Crippen molar-refractivity contribution in [2.45, 2.75) is 31.4 Å². The van der Waals surface area contributed by atoms with Crippen LogP contribution in [0.25, 0.3) is 0 Å². The molecule has 0 saturated carbocycles. The second-order valence-electron chi connectivity index (χ2n) is 6.82. The van der Waals surface area contributed by atoms with Gasteiger partial charge < -0.3 is 10.2 Å². The van der Waals surface area contributed by atoms with Crippen LogP contribution in [0.15, 0.2) is 36.4 Å². The highest BCUT2D eigenvalue weighted by Crippen LogP contribution is 2.27. The standard InChI is InChI=1S/C19H21F3N4O2/c20-19(21,22)12-23-18(28)16-11-15(24-25-16)14-6-8-26(9-7-14)17(27)10-13-4-2-1-3-5-13/h1-5,11,14H,6-10,12H2,(H,23,28)(H,24,25). The maximum Gasteiger partial charge on any atom is 0.405 e. The highest BCUT2D eigenvalue weighted by atomic mass is 19.4. The lowest BCUT2D eigenvalue weighted by molar-refractivity contribution is -0.131. The molecule has 2 heterocycles. The number of likely N-dealkylation sites (tertiary alicyclic amines) is 1. The van der Waals surface area contributed by atoms with Crippen molar-refractivity contribution >= 4 is 11.8 Å². The quantitative estimate of drug-likeness (QED) is 0.819. The molecule has 0 bridgehead atoms. The molecule has 9 heteroatoms. The molecular formula is C19H21F3N4O2. The number of nitrogens with zero attached hydrogens (tertiary/aromatic N) is 2. The molecule has 0 spiro atoms. The van der Waals surface area contributed by atoms with E-state index in [1.54, 1.807) is 5.32 Å². The van der Waals surface area contributed by atoms with Crippen molar-refractivity contribution in [3.63, 3.8) is 0 Å². The number of hydrogen-bond acceptors (Lipinski definition) is 3. The van der Waals surface area contributed by atoms with Crippen LogP contribution in [-0.2, 0) is 11.2 Å². The van der Waals surface area contributed by atoms with Gasteiger partial charge in [-0.1, -0.05) is 30.3 Å². The molecule has 0 atom stereocenters. The molecule has 1 aliphatic heterocycles. The summed E-state index contributed by atoms with van der Waals surface area (Å²) in [7, 11) is 0. The van der Waals surface area contributed by atoms with Crippen LogP contribution in [-0.4, -0.2) is 52.7 Å². The first kappa shape index (κ1) is 19.9. The molecular weight excluding hydrogens is 373 g/mol. The molecule has 2 amide bonds. The third-order valence-corrected chi connectivity index (χ3v) is 4.77. The zero-order valence-corrected chi connectivity index (χ0v) is 15.1. The molecule has 1 saturated heterocycles. The van der Waals surface area contributed by atoms with Crippen LogP contribution in [0, 0.1) is 0 Å². The summed E-state index contributed by atoms with van der Waals surface area (Å²) in [6.07, 6.45) is -2.70. The molecule has 0 radical (unpaired) electrons. The van der Waals surface area contributed by atoms with Gasteiger partial charge in [-0.05, 0) is 24.5 Å². The molecule has 0 unspecified atom stereocenters. The minimum absolute atomic E-state index is 0.0677. The van der Waals surface area contributed by atoms with Crippen molar-refractivity contribution in [2.24, 2.45) is 0 Å². The summed E-state index contributed by atoms with van der Waals surface area (Å²) in [5.74, 6) is -0.714. The number of halogens is 3. The van der Waals surface area contributed by atoms with E-state index in [9.17, 15) is 22.8 Å². The van der Waals surface area contributed by atoms with Crippen LogP contribution in [0.5, 0.6) is 0 Å². The van der Waals surface area contributed by atoms with E-state index in [4.69, 9.17) is 0 Å². The van der Waals surface area contributed by atoms with E-state index in [2.05, 4.69) is 10.2 Å². The number of alkyl halides is 3. The number of H-pyrrole nitrogens is 1. The van der Waals surface area contributed by atoms with Crippen molar-refractivity contribution in [3.05, 3.63) is 53.3 Å². The summed E-state index contributed by atoms with van der Waals surface area (Å²) < 4.78 is 36.6. The molecule has 6 nitrogen and oxygen atoms in total. The van der Waals surface area contributed by atoms with Crippen molar-refractivity contribution in [3.8, 4) is 0 Å². The van der Waals surface area contributed by atoms with Crippen LogP contribution >= 0.6 is 0 Å². The normalized spacial score (nSPS) is 15.5. The average molecular weight is 394 g/mol. The van der Waals surface area contributed by atoms with Gasteiger partial charge in [0.2, 0.25) is 5.91 Å². The predicted octanol–water partition coefficient (Wildman–Crippen LogP) is 2.65. The smallest absolute Gasteiger partial charge is 0.342 e. The van der Waals surface area contributed by atoms with Gasteiger partial charge >= 0.3 is 6.18 Å². The summed E-state index contributed by atoms with van der Waals surface area (Å²) in [5, 5.41) is 8.36. The molecule has 1 aromatic heterocycles. The number of nitrogens with one attached hydrogen (secondary N) is 2. The lowest BCUT2D eigenvalue weighted by Gasteiger charge is -2.31. The number of hydrogen-bond donors (Lipinski definition) is 2. The van der Waals surface area contributed by atoms with Gasteiger partial charge in [0.1, 0.15) is 12.2 Å². The summed E-state index contributed by atoms with van der Waals surface area (Å²) in [6.45, 7) is -0.216. The van der Waals surface area contributed by atoms with Crippen molar-refractivity contribution in [2.75, 3.05) is 19.6 Å². The number of piperidine rings is 1. The molecule has 1 fully saturated rings. The fraction of sp³-hybridized carbons (Fsp3) is 0.421. The molecule has 28 heavy (non-hydrogen) atoms. The number of amides is 2. The Balaban J connectivity index is 1.50. The van der Waals surface area contributed by atoms with Gasteiger partial charge in [-0.3, -0.25) is 14.7 Å². The number of carbonyl (C=O) groups excluding carboxylic acids is 2. The Morgan fingerprint density at radius 1 is 1.18 bits per heavy atom. The summed E-state index contributed by atoms with van der Waals surface area (Å²) in [5.41, 5.74) is 1.60. The minimum atomic E-state index is -4.46. The van der Waals surface area contributed by atoms with Gasteiger partial charge in [0, 0.05) is 24.7 Å². The van der Waals surface area contributed by atoms with Gasteiger partial charge in [-0.15, -0.1) is 0 Å². The Morgan fingerprint density at radius 2 is 1.86 bits per heavy atom. The summed E-state index contributed by atoms with van der Waals surface area (Å²) in [6, 6.07) is 11.0. The summed E-state index contributed by atoms with van der Waals surface area (Å²) in [4.78, 5) is 26.0. The highest BCUT2D eigenvalue weighted by Gasteiger charge is 2.29. The Kier molecular flexibility index (Phi) is 6.01. The molecule has 2 aromatic rings. The average Bonchev–Trinajstić information content (AvgIpc) is 3.17. The van der Waals surface area contributed by atoms with Gasteiger partial charge in [-0.2, -0.15) is 18.3 Å². The zero-order chi connectivity index (χ0) is 20.1. The number of benzene rings is 1. The predicted molar refractivity (Wildman–Crippen MR) is 95.7 cm³/mol. The minimum Gasteiger partial charge on any atom is -0.342 e.